The van der Waals surface area contributed by atoms with Crippen LogP contribution in [0.4, 0.5) is 4.39 Å². The predicted octanol–water partition coefficient (Wildman–Crippen LogP) is 3.97. The van der Waals surface area contributed by atoms with Gasteiger partial charge in [-0.1, -0.05) is 42.8 Å². The van der Waals surface area contributed by atoms with Gasteiger partial charge in [0.1, 0.15) is 11.9 Å². The smallest absolute Gasteiger partial charge is 0.242 e. The van der Waals surface area contributed by atoms with Crippen molar-refractivity contribution in [3.63, 3.8) is 0 Å². The second kappa shape index (κ2) is 10.1. The van der Waals surface area contributed by atoms with Gasteiger partial charge in [0.15, 0.2) is 0 Å². The molecule has 0 saturated carbocycles. The molecule has 2 rings (SSSR count). The van der Waals surface area contributed by atoms with E-state index in [9.17, 15) is 14.0 Å². The summed E-state index contributed by atoms with van der Waals surface area (Å²) in [6, 6.07) is 12.3. The maximum atomic E-state index is 13.2. The van der Waals surface area contributed by atoms with E-state index in [1.807, 2.05) is 6.92 Å². The van der Waals surface area contributed by atoms with E-state index in [2.05, 4.69) is 5.32 Å². The van der Waals surface area contributed by atoms with E-state index in [1.54, 1.807) is 43.3 Å². The van der Waals surface area contributed by atoms with Crippen LogP contribution in [0.25, 0.3) is 0 Å². The summed E-state index contributed by atoms with van der Waals surface area (Å²) in [7, 11) is 0. The number of nitrogens with zero attached hydrogens (tertiary/aromatic N) is 1. The van der Waals surface area contributed by atoms with Crippen molar-refractivity contribution in [2.75, 3.05) is 6.54 Å². The lowest BCUT2D eigenvalue weighted by Gasteiger charge is -2.29. The third kappa shape index (κ3) is 6.36. The van der Waals surface area contributed by atoms with E-state index in [1.165, 1.54) is 17.0 Å². The number of carbonyl (C=O) groups excluding carboxylic acids is 2. The summed E-state index contributed by atoms with van der Waals surface area (Å²) in [5, 5.41) is 3.42. The molecule has 0 fully saturated rings. The zero-order valence-corrected chi connectivity index (χ0v) is 16.3. The van der Waals surface area contributed by atoms with Crippen molar-refractivity contribution in [2.45, 2.75) is 39.3 Å². The fourth-order valence-corrected chi connectivity index (χ4v) is 2.77. The molecule has 0 aliphatic heterocycles. The normalized spacial score (nSPS) is 11.7. The van der Waals surface area contributed by atoms with Crippen LogP contribution in [0.15, 0.2) is 48.5 Å². The summed E-state index contributed by atoms with van der Waals surface area (Å²) in [6.45, 7) is 4.45. The molecule has 0 unspecified atom stereocenters. The molecule has 144 valence electrons. The van der Waals surface area contributed by atoms with E-state index in [4.69, 9.17) is 11.6 Å². The van der Waals surface area contributed by atoms with Crippen molar-refractivity contribution in [1.82, 2.24) is 10.2 Å². The first-order valence-electron chi connectivity index (χ1n) is 8.96. The summed E-state index contributed by atoms with van der Waals surface area (Å²) in [4.78, 5) is 26.9. The molecule has 6 heteroatoms. The van der Waals surface area contributed by atoms with Gasteiger partial charge in [0.05, 0.1) is 6.42 Å². The topological polar surface area (TPSA) is 49.4 Å². The Bertz CT molecular complexity index is 763. The zero-order valence-electron chi connectivity index (χ0n) is 15.5. The summed E-state index contributed by atoms with van der Waals surface area (Å²) < 4.78 is 13.2. The molecule has 2 amide bonds. The lowest BCUT2D eigenvalue weighted by Crippen LogP contribution is -2.48. The third-order valence-corrected chi connectivity index (χ3v) is 4.50. The summed E-state index contributed by atoms with van der Waals surface area (Å²) in [5.74, 6) is -0.726. The average Bonchev–Trinajstić information content (AvgIpc) is 2.66. The van der Waals surface area contributed by atoms with Crippen LogP contribution in [-0.2, 0) is 22.6 Å². The fraction of sp³-hybridized carbons (Fsp3) is 0.333. The van der Waals surface area contributed by atoms with Crippen molar-refractivity contribution in [2.24, 2.45) is 0 Å². The Morgan fingerprint density at radius 2 is 1.67 bits per heavy atom. The van der Waals surface area contributed by atoms with Gasteiger partial charge in [-0.05, 0) is 48.7 Å². The lowest BCUT2D eigenvalue weighted by atomic mass is 10.1. The molecular weight excluding hydrogens is 367 g/mol. The van der Waals surface area contributed by atoms with Gasteiger partial charge in [0, 0.05) is 18.1 Å². The molecule has 0 heterocycles. The molecule has 1 N–H and O–H groups in total. The molecule has 4 nitrogen and oxygen atoms in total. The SMILES string of the molecule is CCCNC(=O)[C@@H](C)N(Cc1ccc(F)cc1)C(=O)Cc1ccc(Cl)cc1. The van der Waals surface area contributed by atoms with Gasteiger partial charge in [0.2, 0.25) is 11.8 Å². The predicted molar refractivity (Wildman–Crippen MR) is 105 cm³/mol. The molecule has 27 heavy (non-hydrogen) atoms. The minimum Gasteiger partial charge on any atom is -0.354 e. The Hall–Kier alpha value is -2.40. The number of carbonyl (C=O) groups is 2. The van der Waals surface area contributed by atoms with Gasteiger partial charge in [0.25, 0.3) is 0 Å². The molecule has 0 bridgehead atoms. The molecule has 2 aromatic carbocycles. The molecule has 0 aromatic heterocycles. The van der Waals surface area contributed by atoms with Crippen molar-refractivity contribution in [1.29, 1.82) is 0 Å². The van der Waals surface area contributed by atoms with Gasteiger partial charge >= 0.3 is 0 Å². The van der Waals surface area contributed by atoms with Crippen LogP contribution >= 0.6 is 11.6 Å². The van der Waals surface area contributed by atoms with E-state index in [0.717, 1.165) is 17.5 Å². The lowest BCUT2D eigenvalue weighted by molar-refractivity contribution is -0.140. The Morgan fingerprint density at radius 1 is 1.07 bits per heavy atom. The number of amides is 2. The highest BCUT2D eigenvalue weighted by molar-refractivity contribution is 6.30. The molecule has 0 spiro atoms. The van der Waals surface area contributed by atoms with Crippen LogP contribution in [0.3, 0.4) is 0 Å². The van der Waals surface area contributed by atoms with Crippen molar-refractivity contribution in [3.8, 4) is 0 Å². The quantitative estimate of drug-likeness (QED) is 0.741. The Labute approximate surface area is 164 Å². The maximum Gasteiger partial charge on any atom is 0.242 e. The first-order valence-corrected chi connectivity index (χ1v) is 9.34. The van der Waals surface area contributed by atoms with Gasteiger partial charge in [-0.2, -0.15) is 0 Å². The number of benzene rings is 2. The Kier molecular flexibility index (Phi) is 7.80. The largest absolute Gasteiger partial charge is 0.354 e. The number of halogens is 2. The Morgan fingerprint density at radius 3 is 2.26 bits per heavy atom. The average molecular weight is 391 g/mol. The highest BCUT2D eigenvalue weighted by atomic mass is 35.5. The minimum atomic E-state index is -0.638. The minimum absolute atomic E-state index is 0.157. The molecule has 1 atom stereocenters. The summed E-state index contributed by atoms with van der Waals surface area (Å²) in [6.07, 6.45) is 0.971. The van der Waals surface area contributed by atoms with Crippen LogP contribution in [0.2, 0.25) is 5.02 Å². The first kappa shape index (κ1) is 20.9. The molecule has 0 saturated heterocycles. The molecule has 2 aromatic rings. The molecule has 0 aliphatic carbocycles. The van der Waals surface area contributed by atoms with E-state index in [-0.39, 0.29) is 30.6 Å². The van der Waals surface area contributed by atoms with Gasteiger partial charge in [-0.25, -0.2) is 4.39 Å². The van der Waals surface area contributed by atoms with Gasteiger partial charge in [-0.15, -0.1) is 0 Å². The maximum absolute atomic E-state index is 13.2. The molecule has 0 radical (unpaired) electrons. The summed E-state index contributed by atoms with van der Waals surface area (Å²) in [5.41, 5.74) is 1.57. The van der Waals surface area contributed by atoms with Crippen LogP contribution in [0.1, 0.15) is 31.4 Å². The van der Waals surface area contributed by atoms with Gasteiger partial charge < -0.3 is 10.2 Å². The number of nitrogens with one attached hydrogen (secondary N) is 1. The van der Waals surface area contributed by atoms with E-state index >= 15 is 0 Å². The van der Waals surface area contributed by atoms with Crippen molar-refractivity contribution in [3.05, 3.63) is 70.5 Å². The van der Waals surface area contributed by atoms with Crippen LogP contribution < -0.4 is 5.32 Å². The number of rotatable bonds is 8. The van der Waals surface area contributed by atoms with E-state index < -0.39 is 6.04 Å². The Balaban J connectivity index is 2.18. The van der Waals surface area contributed by atoms with Crippen LogP contribution in [0.5, 0.6) is 0 Å². The molecular formula is C21H24ClFN2O2. The first-order chi connectivity index (χ1) is 12.9. The van der Waals surface area contributed by atoms with Crippen LogP contribution in [-0.4, -0.2) is 29.3 Å². The third-order valence-electron chi connectivity index (χ3n) is 4.25. The van der Waals surface area contributed by atoms with Crippen LogP contribution in [0, 0.1) is 5.82 Å². The zero-order chi connectivity index (χ0) is 19.8. The standard InChI is InChI=1S/C21H24ClFN2O2/c1-3-12-24-21(27)15(2)25(14-17-6-10-19(23)11-7-17)20(26)13-16-4-8-18(22)9-5-16/h4-11,15H,3,12-14H2,1-2H3,(H,24,27)/t15-/m1/s1. The fourth-order valence-electron chi connectivity index (χ4n) is 2.64. The van der Waals surface area contributed by atoms with Crippen molar-refractivity contribution < 1.29 is 14.0 Å². The number of hydrogen-bond donors (Lipinski definition) is 1. The van der Waals surface area contributed by atoms with E-state index in [0.29, 0.717) is 11.6 Å². The summed E-state index contributed by atoms with van der Waals surface area (Å²) >= 11 is 5.89. The number of hydrogen-bond acceptors (Lipinski definition) is 2. The molecule has 0 aliphatic rings. The highest BCUT2D eigenvalue weighted by Crippen LogP contribution is 2.15. The van der Waals surface area contributed by atoms with Crippen molar-refractivity contribution >= 4 is 23.4 Å². The monoisotopic (exact) mass is 390 g/mol. The second-order valence-electron chi connectivity index (χ2n) is 6.42. The highest BCUT2D eigenvalue weighted by Gasteiger charge is 2.26. The second-order valence-corrected chi connectivity index (χ2v) is 6.85. The van der Waals surface area contributed by atoms with Gasteiger partial charge in [-0.3, -0.25) is 9.59 Å².